The highest BCUT2D eigenvalue weighted by Crippen LogP contribution is 2.19. The molecule has 0 aliphatic carbocycles. The molecule has 0 aromatic heterocycles. The fourth-order valence-corrected chi connectivity index (χ4v) is 2.17. The summed E-state index contributed by atoms with van der Waals surface area (Å²) in [6, 6.07) is 20.8. The van der Waals surface area contributed by atoms with Gasteiger partial charge in [-0.3, -0.25) is 0 Å². The highest BCUT2D eigenvalue weighted by molar-refractivity contribution is 5.71. The minimum absolute atomic E-state index is 1.02. The molecule has 0 fully saturated rings. The second-order valence-corrected chi connectivity index (χ2v) is 4.96. The standard InChI is InChI=1S/C20H20.3C2H6/c1-16(14-17(2)19-10-6-4-7-11-19)15-18(3)20-12-8-5-9-13-20;3*1-2/h4-15H,1H2,2-3H3;3*1-2H3/b17-14+,18-15+;;;. The Labute approximate surface area is 163 Å². The summed E-state index contributed by atoms with van der Waals surface area (Å²) >= 11 is 0. The molecule has 142 valence electrons. The van der Waals surface area contributed by atoms with Gasteiger partial charge in [0.2, 0.25) is 0 Å². The predicted molar refractivity (Wildman–Crippen MR) is 123 cm³/mol. The number of hydrogen-bond donors (Lipinski definition) is 0. The van der Waals surface area contributed by atoms with E-state index in [1.807, 2.05) is 53.7 Å². The van der Waals surface area contributed by atoms with E-state index in [-0.39, 0.29) is 0 Å². The first-order valence-electron chi connectivity index (χ1n) is 9.83. The third kappa shape index (κ3) is 10.5. The topological polar surface area (TPSA) is 0 Å². The maximum Gasteiger partial charge on any atom is -0.0227 e. The second kappa shape index (κ2) is 17.5. The molecule has 0 nitrogen and oxygen atoms in total. The lowest BCUT2D eigenvalue weighted by molar-refractivity contribution is 1.50. The van der Waals surface area contributed by atoms with Crippen LogP contribution in [0.1, 0.15) is 66.5 Å². The van der Waals surface area contributed by atoms with E-state index in [1.165, 1.54) is 22.3 Å². The Morgan fingerprint density at radius 1 is 0.577 bits per heavy atom. The van der Waals surface area contributed by atoms with Crippen LogP contribution < -0.4 is 0 Å². The fraction of sp³-hybridized carbons (Fsp3) is 0.308. The van der Waals surface area contributed by atoms with Crippen molar-refractivity contribution in [2.75, 3.05) is 0 Å². The van der Waals surface area contributed by atoms with E-state index in [2.05, 4.69) is 81.1 Å². The van der Waals surface area contributed by atoms with Gasteiger partial charge in [0.05, 0.1) is 0 Å². The normalized spacial score (nSPS) is 10.2. The maximum absolute atomic E-state index is 4.13. The SMILES string of the molecule is C=C(/C=C(\C)c1ccccc1)/C=C(\C)c1ccccc1.CC.CC.CC. The number of benzene rings is 2. The van der Waals surface area contributed by atoms with Crippen molar-refractivity contribution in [3.05, 3.63) is 96.1 Å². The van der Waals surface area contributed by atoms with Crippen molar-refractivity contribution in [1.29, 1.82) is 0 Å². The molecular weight excluding hydrogens is 312 g/mol. The molecule has 0 spiro atoms. The summed E-state index contributed by atoms with van der Waals surface area (Å²) in [5.41, 5.74) is 5.95. The van der Waals surface area contributed by atoms with Crippen molar-refractivity contribution in [2.45, 2.75) is 55.4 Å². The van der Waals surface area contributed by atoms with Gasteiger partial charge in [-0.1, -0.05) is 121 Å². The summed E-state index contributed by atoms with van der Waals surface area (Å²) in [4.78, 5) is 0. The third-order valence-corrected chi connectivity index (χ3v) is 3.26. The van der Waals surface area contributed by atoms with Gasteiger partial charge in [0, 0.05) is 0 Å². The largest absolute Gasteiger partial charge is 0.0917 e. The number of hydrogen-bond acceptors (Lipinski definition) is 0. The molecule has 2 aromatic carbocycles. The number of allylic oxidation sites excluding steroid dienone is 5. The van der Waals surface area contributed by atoms with E-state index < -0.39 is 0 Å². The van der Waals surface area contributed by atoms with Gasteiger partial charge in [0.1, 0.15) is 0 Å². The molecule has 2 aromatic rings. The van der Waals surface area contributed by atoms with Crippen molar-refractivity contribution in [2.24, 2.45) is 0 Å². The Bertz CT molecular complexity index is 571. The first-order chi connectivity index (χ1) is 12.7. The van der Waals surface area contributed by atoms with Gasteiger partial charge >= 0.3 is 0 Å². The van der Waals surface area contributed by atoms with Crippen LogP contribution in [0.2, 0.25) is 0 Å². The van der Waals surface area contributed by atoms with Gasteiger partial charge in [0.25, 0.3) is 0 Å². The van der Waals surface area contributed by atoms with Crippen molar-refractivity contribution in [3.8, 4) is 0 Å². The first-order valence-corrected chi connectivity index (χ1v) is 9.83. The third-order valence-electron chi connectivity index (χ3n) is 3.26. The lowest BCUT2D eigenvalue weighted by Crippen LogP contribution is -1.82. The smallest absolute Gasteiger partial charge is 0.0227 e. The average Bonchev–Trinajstić information content (AvgIpc) is 2.73. The summed E-state index contributed by atoms with van der Waals surface area (Å²) in [6.45, 7) is 20.4. The summed E-state index contributed by atoms with van der Waals surface area (Å²) in [5, 5.41) is 0. The van der Waals surface area contributed by atoms with Gasteiger partial charge in [-0.05, 0) is 41.7 Å². The molecule has 0 heterocycles. The van der Waals surface area contributed by atoms with Crippen LogP contribution >= 0.6 is 0 Å². The lowest BCUT2D eigenvalue weighted by Gasteiger charge is -2.04. The molecule has 0 heteroatoms. The molecular formula is C26H38. The average molecular weight is 351 g/mol. The highest BCUT2D eigenvalue weighted by Gasteiger charge is 1.97. The van der Waals surface area contributed by atoms with Crippen LogP contribution in [0.4, 0.5) is 0 Å². The summed E-state index contributed by atoms with van der Waals surface area (Å²) in [7, 11) is 0. The molecule has 0 aliphatic heterocycles. The molecule has 0 saturated heterocycles. The summed E-state index contributed by atoms with van der Waals surface area (Å²) < 4.78 is 0. The van der Waals surface area contributed by atoms with Gasteiger partial charge in [-0.2, -0.15) is 0 Å². The Morgan fingerprint density at radius 3 is 1.12 bits per heavy atom. The fourth-order valence-electron chi connectivity index (χ4n) is 2.17. The number of rotatable bonds is 4. The summed E-state index contributed by atoms with van der Waals surface area (Å²) in [5.74, 6) is 0. The van der Waals surface area contributed by atoms with Crippen molar-refractivity contribution in [3.63, 3.8) is 0 Å². The van der Waals surface area contributed by atoms with Gasteiger partial charge in [-0.15, -0.1) is 0 Å². The van der Waals surface area contributed by atoms with Crippen molar-refractivity contribution < 1.29 is 0 Å². The maximum atomic E-state index is 4.13. The zero-order chi connectivity index (χ0) is 20.4. The Hall–Kier alpha value is -2.34. The summed E-state index contributed by atoms with van der Waals surface area (Å²) in [6.07, 6.45) is 4.25. The van der Waals surface area contributed by atoms with Crippen LogP contribution in [0, 0.1) is 0 Å². The predicted octanol–water partition coefficient (Wildman–Crippen LogP) is 8.83. The lowest BCUT2D eigenvalue weighted by atomic mass is 10.0. The molecule has 0 radical (unpaired) electrons. The van der Waals surface area contributed by atoms with E-state index in [1.54, 1.807) is 0 Å². The molecule has 0 saturated carbocycles. The van der Waals surface area contributed by atoms with Gasteiger partial charge in [0.15, 0.2) is 0 Å². The zero-order valence-electron chi connectivity index (χ0n) is 18.1. The van der Waals surface area contributed by atoms with Gasteiger partial charge < -0.3 is 0 Å². The minimum atomic E-state index is 1.02. The van der Waals surface area contributed by atoms with Crippen molar-refractivity contribution >= 4 is 11.1 Å². The molecule has 2 rings (SSSR count). The van der Waals surface area contributed by atoms with Crippen molar-refractivity contribution in [1.82, 2.24) is 0 Å². The van der Waals surface area contributed by atoms with Crippen LogP contribution in [-0.2, 0) is 0 Å². The van der Waals surface area contributed by atoms with Crippen LogP contribution in [0.3, 0.4) is 0 Å². The van der Waals surface area contributed by atoms with E-state index >= 15 is 0 Å². The van der Waals surface area contributed by atoms with E-state index in [4.69, 9.17) is 0 Å². The van der Waals surface area contributed by atoms with Gasteiger partial charge in [-0.25, -0.2) is 0 Å². The Morgan fingerprint density at radius 2 is 0.846 bits per heavy atom. The molecule has 0 N–H and O–H groups in total. The first kappa shape index (κ1) is 25.9. The van der Waals surface area contributed by atoms with Crippen LogP contribution in [0.5, 0.6) is 0 Å². The van der Waals surface area contributed by atoms with Crippen LogP contribution in [0.15, 0.2) is 85.0 Å². The van der Waals surface area contributed by atoms with Crippen LogP contribution in [-0.4, -0.2) is 0 Å². The quantitative estimate of drug-likeness (QED) is 0.483. The molecule has 0 bridgehead atoms. The molecule has 0 amide bonds. The Kier molecular flexibility index (Phi) is 17.4. The Balaban J connectivity index is 0. The highest BCUT2D eigenvalue weighted by atomic mass is 14.0. The monoisotopic (exact) mass is 350 g/mol. The molecule has 0 atom stereocenters. The minimum Gasteiger partial charge on any atom is -0.0917 e. The molecule has 0 unspecified atom stereocenters. The van der Waals surface area contributed by atoms with Crippen LogP contribution in [0.25, 0.3) is 11.1 Å². The van der Waals surface area contributed by atoms with E-state index in [0.29, 0.717) is 0 Å². The molecule has 26 heavy (non-hydrogen) atoms. The second-order valence-electron chi connectivity index (χ2n) is 4.96. The zero-order valence-corrected chi connectivity index (χ0v) is 18.1. The van der Waals surface area contributed by atoms with E-state index in [0.717, 1.165) is 5.57 Å². The van der Waals surface area contributed by atoms with E-state index in [9.17, 15) is 0 Å². The molecule has 0 aliphatic rings.